The summed E-state index contributed by atoms with van der Waals surface area (Å²) in [6.45, 7) is 3.27. The van der Waals surface area contributed by atoms with Gasteiger partial charge in [-0.1, -0.05) is 0 Å². The quantitative estimate of drug-likeness (QED) is 0.881. The summed E-state index contributed by atoms with van der Waals surface area (Å²) in [7, 11) is 0. The Labute approximate surface area is 110 Å². The summed E-state index contributed by atoms with van der Waals surface area (Å²) in [5.74, 6) is 0. The molecule has 0 bridgehead atoms. The maximum atomic E-state index is 8.81. The first-order valence-corrected chi connectivity index (χ1v) is 6.68. The Morgan fingerprint density at radius 1 is 1.53 bits per heavy atom. The highest BCUT2D eigenvalue weighted by Crippen LogP contribution is 2.25. The Hall–Kier alpha value is -1.05. The topological polar surface area (TPSA) is 47.9 Å². The van der Waals surface area contributed by atoms with E-state index in [0.717, 1.165) is 29.5 Å². The first-order chi connectivity index (χ1) is 8.19. The normalized spacial score (nSPS) is 24.1. The average Bonchev–Trinajstić information content (AvgIpc) is 2.32. The molecular weight excluding hydrogens is 278 g/mol. The van der Waals surface area contributed by atoms with Crippen LogP contribution in [0, 0.1) is 11.3 Å². The van der Waals surface area contributed by atoms with E-state index in [-0.39, 0.29) is 0 Å². The van der Waals surface area contributed by atoms with Crippen molar-refractivity contribution < 1.29 is 0 Å². The van der Waals surface area contributed by atoms with Gasteiger partial charge in [0.25, 0.3) is 0 Å². The van der Waals surface area contributed by atoms with Gasteiger partial charge in [0.05, 0.1) is 11.6 Å². The SMILES string of the molecule is CC1CC(Nc2ccc(C#N)cc2Br)CCN1. The highest BCUT2D eigenvalue weighted by Gasteiger charge is 2.18. The minimum atomic E-state index is 0.510. The average molecular weight is 294 g/mol. The lowest BCUT2D eigenvalue weighted by Gasteiger charge is -2.29. The van der Waals surface area contributed by atoms with Crippen molar-refractivity contribution in [2.75, 3.05) is 11.9 Å². The van der Waals surface area contributed by atoms with E-state index in [1.54, 1.807) is 0 Å². The smallest absolute Gasteiger partial charge is 0.0992 e. The van der Waals surface area contributed by atoms with Crippen molar-refractivity contribution in [3.05, 3.63) is 28.2 Å². The molecule has 2 N–H and O–H groups in total. The van der Waals surface area contributed by atoms with Crippen LogP contribution in [0.1, 0.15) is 25.3 Å². The van der Waals surface area contributed by atoms with E-state index in [1.807, 2.05) is 18.2 Å². The lowest BCUT2D eigenvalue weighted by molar-refractivity contribution is 0.396. The number of hydrogen-bond donors (Lipinski definition) is 2. The van der Waals surface area contributed by atoms with Crippen LogP contribution < -0.4 is 10.6 Å². The van der Waals surface area contributed by atoms with Crippen molar-refractivity contribution in [2.45, 2.75) is 31.8 Å². The molecule has 0 radical (unpaired) electrons. The highest BCUT2D eigenvalue weighted by atomic mass is 79.9. The Morgan fingerprint density at radius 2 is 2.35 bits per heavy atom. The molecular formula is C13H16BrN3. The van der Waals surface area contributed by atoms with Crippen molar-refractivity contribution in [2.24, 2.45) is 0 Å². The van der Waals surface area contributed by atoms with Crippen LogP contribution >= 0.6 is 15.9 Å². The molecule has 1 saturated heterocycles. The predicted molar refractivity (Wildman–Crippen MR) is 73.0 cm³/mol. The highest BCUT2D eigenvalue weighted by molar-refractivity contribution is 9.10. The van der Waals surface area contributed by atoms with Gasteiger partial charge < -0.3 is 10.6 Å². The van der Waals surface area contributed by atoms with Crippen LogP contribution in [0.25, 0.3) is 0 Å². The van der Waals surface area contributed by atoms with Crippen LogP contribution in [-0.4, -0.2) is 18.6 Å². The number of benzene rings is 1. The summed E-state index contributed by atoms with van der Waals surface area (Å²) in [6, 6.07) is 8.88. The van der Waals surface area contributed by atoms with Crippen molar-refractivity contribution in [1.82, 2.24) is 5.32 Å². The molecule has 1 aliphatic heterocycles. The standard InChI is InChI=1S/C13H16BrN3/c1-9-6-11(4-5-16-9)17-13-3-2-10(8-15)7-12(13)14/h2-3,7,9,11,16-17H,4-6H2,1H3. The molecule has 0 aromatic heterocycles. The molecule has 1 heterocycles. The Bertz CT molecular complexity index is 439. The first-order valence-electron chi connectivity index (χ1n) is 5.88. The molecule has 17 heavy (non-hydrogen) atoms. The third-order valence-electron chi connectivity index (χ3n) is 3.08. The van der Waals surface area contributed by atoms with Crippen molar-refractivity contribution >= 4 is 21.6 Å². The zero-order valence-corrected chi connectivity index (χ0v) is 11.4. The third-order valence-corrected chi connectivity index (χ3v) is 3.74. The van der Waals surface area contributed by atoms with E-state index in [1.165, 1.54) is 0 Å². The summed E-state index contributed by atoms with van der Waals surface area (Å²) in [5.41, 5.74) is 1.75. The van der Waals surface area contributed by atoms with Gasteiger partial charge in [-0.2, -0.15) is 5.26 Å². The van der Waals surface area contributed by atoms with Crippen LogP contribution in [0.2, 0.25) is 0 Å². The molecule has 90 valence electrons. The third kappa shape index (κ3) is 3.21. The fraction of sp³-hybridized carbons (Fsp3) is 0.462. The molecule has 0 aliphatic carbocycles. The minimum Gasteiger partial charge on any atom is -0.381 e. The van der Waals surface area contributed by atoms with Crippen LogP contribution in [0.15, 0.2) is 22.7 Å². The number of nitrogens with one attached hydrogen (secondary N) is 2. The second kappa shape index (κ2) is 5.52. The molecule has 1 aromatic rings. The van der Waals surface area contributed by atoms with Gasteiger partial charge in [0, 0.05) is 22.2 Å². The zero-order valence-electron chi connectivity index (χ0n) is 9.83. The maximum Gasteiger partial charge on any atom is 0.0992 e. The number of nitrogens with zero attached hydrogens (tertiary/aromatic N) is 1. The second-order valence-electron chi connectivity index (χ2n) is 4.53. The first kappa shape index (κ1) is 12.4. The predicted octanol–water partition coefficient (Wildman–Crippen LogP) is 2.87. The van der Waals surface area contributed by atoms with Crippen LogP contribution in [0.3, 0.4) is 0 Å². The van der Waals surface area contributed by atoms with Crippen LogP contribution in [-0.2, 0) is 0 Å². The molecule has 1 aromatic carbocycles. The summed E-state index contributed by atoms with van der Waals surface area (Å²) in [6.07, 6.45) is 2.27. The van der Waals surface area contributed by atoms with Gasteiger partial charge >= 0.3 is 0 Å². The van der Waals surface area contributed by atoms with E-state index >= 15 is 0 Å². The summed E-state index contributed by atoms with van der Waals surface area (Å²) >= 11 is 3.50. The minimum absolute atomic E-state index is 0.510. The summed E-state index contributed by atoms with van der Waals surface area (Å²) in [5, 5.41) is 15.8. The Morgan fingerprint density at radius 3 is 3.00 bits per heavy atom. The fourth-order valence-electron chi connectivity index (χ4n) is 2.18. The van der Waals surface area contributed by atoms with E-state index in [4.69, 9.17) is 5.26 Å². The van der Waals surface area contributed by atoms with Crippen molar-refractivity contribution in [3.63, 3.8) is 0 Å². The van der Waals surface area contributed by atoms with E-state index in [9.17, 15) is 0 Å². The van der Waals surface area contributed by atoms with Gasteiger partial charge in [0.15, 0.2) is 0 Å². The molecule has 2 unspecified atom stereocenters. The van der Waals surface area contributed by atoms with Gasteiger partial charge in [-0.25, -0.2) is 0 Å². The van der Waals surface area contributed by atoms with Crippen LogP contribution in [0.4, 0.5) is 5.69 Å². The van der Waals surface area contributed by atoms with Crippen molar-refractivity contribution in [3.8, 4) is 6.07 Å². The van der Waals surface area contributed by atoms with Gasteiger partial charge in [0.2, 0.25) is 0 Å². The molecule has 3 nitrogen and oxygen atoms in total. The lowest BCUT2D eigenvalue weighted by atomic mass is 10.0. The summed E-state index contributed by atoms with van der Waals surface area (Å²) < 4.78 is 0.961. The van der Waals surface area contributed by atoms with E-state index in [2.05, 4.69) is 39.6 Å². The maximum absolute atomic E-state index is 8.81. The zero-order chi connectivity index (χ0) is 12.3. The molecule has 0 amide bonds. The largest absolute Gasteiger partial charge is 0.381 e. The number of halogens is 1. The number of rotatable bonds is 2. The second-order valence-corrected chi connectivity index (χ2v) is 5.38. The molecule has 1 fully saturated rings. The number of anilines is 1. The fourth-order valence-corrected chi connectivity index (χ4v) is 2.68. The lowest BCUT2D eigenvalue weighted by Crippen LogP contribution is -2.41. The molecule has 1 aliphatic rings. The molecule has 4 heteroatoms. The van der Waals surface area contributed by atoms with Gasteiger partial charge in [-0.3, -0.25) is 0 Å². The van der Waals surface area contributed by atoms with Gasteiger partial charge in [-0.05, 0) is 60.4 Å². The van der Waals surface area contributed by atoms with E-state index < -0.39 is 0 Å². The van der Waals surface area contributed by atoms with E-state index in [0.29, 0.717) is 17.6 Å². The Balaban J connectivity index is 2.06. The number of piperidine rings is 1. The number of nitriles is 1. The van der Waals surface area contributed by atoms with Gasteiger partial charge in [0.1, 0.15) is 0 Å². The monoisotopic (exact) mass is 293 g/mol. The number of hydrogen-bond acceptors (Lipinski definition) is 3. The summed E-state index contributed by atoms with van der Waals surface area (Å²) in [4.78, 5) is 0. The molecule has 2 rings (SSSR count). The Kier molecular flexibility index (Phi) is 4.03. The van der Waals surface area contributed by atoms with Crippen LogP contribution in [0.5, 0.6) is 0 Å². The molecule has 2 atom stereocenters. The molecule has 0 saturated carbocycles. The van der Waals surface area contributed by atoms with Crippen molar-refractivity contribution in [1.29, 1.82) is 5.26 Å². The molecule has 0 spiro atoms. The van der Waals surface area contributed by atoms with Gasteiger partial charge in [-0.15, -0.1) is 0 Å².